The summed E-state index contributed by atoms with van der Waals surface area (Å²) < 4.78 is 47.1. The average molecular weight is 575 g/mol. The number of allylic oxidation sites excluding steroid dienone is 3. The third-order valence-corrected chi connectivity index (χ3v) is 6.51. The largest absolute Gasteiger partial charge is 0.495 e. The summed E-state index contributed by atoms with van der Waals surface area (Å²) in [5.41, 5.74) is 3.47. The summed E-state index contributed by atoms with van der Waals surface area (Å²) in [7, 11) is 3.70. The normalized spacial score (nSPS) is 14.7. The molecule has 1 aromatic heterocycles. The molecule has 2 N–H and O–H groups in total. The lowest BCUT2D eigenvalue weighted by Crippen LogP contribution is -2.40. The van der Waals surface area contributed by atoms with E-state index >= 15 is 0 Å². The van der Waals surface area contributed by atoms with Crippen LogP contribution < -0.4 is 10.6 Å². The first-order valence-corrected chi connectivity index (χ1v) is 14.5. The number of piperidine rings is 1. The smallest absolute Gasteiger partial charge is 0.406 e. The van der Waals surface area contributed by atoms with Crippen LogP contribution in [-0.4, -0.2) is 55.5 Å². The van der Waals surface area contributed by atoms with Crippen LogP contribution in [0.15, 0.2) is 54.5 Å². The second-order valence-corrected chi connectivity index (χ2v) is 9.37. The van der Waals surface area contributed by atoms with Gasteiger partial charge in [-0.3, -0.25) is 0 Å². The second-order valence-electron chi connectivity index (χ2n) is 9.37. The van der Waals surface area contributed by atoms with Crippen molar-refractivity contribution < 1.29 is 17.9 Å². The van der Waals surface area contributed by atoms with Crippen molar-refractivity contribution in [3.63, 3.8) is 0 Å². The molecule has 0 amide bonds. The number of fused-ring (bicyclic) bond motifs is 1. The summed E-state index contributed by atoms with van der Waals surface area (Å²) in [6.07, 6.45) is 3.01. The van der Waals surface area contributed by atoms with Crippen LogP contribution in [0.2, 0.25) is 0 Å². The maximum Gasteiger partial charge on any atom is 0.406 e. The van der Waals surface area contributed by atoms with Gasteiger partial charge in [0.2, 0.25) is 0 Å². The molecule has 8 heteroatoms. The summed E-state index contributed by atoms with van der Waals surface area (Å²) in [5, 5.41) is 7.53. The Kier molecular flexibility index (Phi) is 16.0. The molecular formula is C33H49F3N4O. The molecule has 41 heavy (non-hydrogen) atoms. The van der Waals surface area contributed by atoms with Crippen LogP contribution in [0.4, 0.5) is 13.2 Å². The highest BCUT2D eigenvalue weighted by molar-refractivity contribution is 5.86. The Morgan fingerprint density at radius 2 is 1.80 bits per heavy atom. The van der Waals surface area contributed by atoms with Gasteiger partial charge in [-0.25, -0.2) is 0 Å². The van der Waals surface area contributed by atoms with E-state index in [0.717, 1.165) is 42.4 Å². The van der Waals surface area contributed by atoms with Crippen molar-refractivity contribution >= 4 is 10.9 Å². The van der Waals surface area contributed by atoms with Crippen LogP contribution in [0, 0.1) is 18.8 Å². The number of hydrogen-bond donors (Lipinski definition) is 2. The Bertz CT molecular complexity index is 1210. The maximum atomic E-state index is 13.5. The van der Waals surface area contributed by atoms with Crippen LogP contribution in [0.25, 0.3) is 10.9 Å². The van der Waals surface area contributed by atoms with Gasteiger partial charge in [-0.2, -0.15) is 13.2 Å². The van der Waals surface area contributed by atoms with Crippen LogP contribution in [0.1, 0.15) is 64.3 Å². The summed E-state index contributed by atoms with van der Waals surface area (Å²) >= 11 is 0. The first-order valence-electron chi connectivity index (χ1n) is 14.5. The molecule has 0 radical (unpaired) electrons. The molecule has 1 aliphatic heterocycles. The number of aryl methyl sites for hydroxylation is 1. The van der Waals surface area contributed by atoms with E-state index in [9.17, 15) is 13.2 Å². The zero-order valence-corrected chi connectivity index (χ0v) is 26.1. The van der Waals surface area contributed by atoms with Crippen molar-refractivity contribution in [3.05, 3.63) is 71.3 Å². The van der Waals surface area contributed by atoms with E-state index < -0.39 is 12.7 Å². The van der Waals surface area contributed by atoms with Gasteiger partial charge >= 0.3 is 6.18 Å². The molecule has 1 aromatic carbocycles. The van der Waals surface area contributed by atoms with Crippen LogP contribution in [-0.2, 0) is 17.8 Å². The molecule has 0 saturated carbocycles. The van der Waals surface area contributed by atoms with Gasteiger partial charge in [-0.1, -0.05) is 52.3 Å². The molecule has 2 aromatic rings. The summed E-state index contributed by atoms with van der Waals surface area (Å²) in [4.78, 5) is 2.32. The maximum absolute atomic E-state index is 13.5. The SMILES string of the molecule is C=C/C=C(NCC#Cc1cc2cc(CNC3CCN(C)CC3)cc(C)c2n1CC(F)(F)F)\C(=C/C)OC.CC.CC. The molecular weight excluding hydrogens is 525 g/mol. The zero-order chi connectivity index (χ0) is 31.0. The lowest BCUT2D eigenvalue weighted by atomic mass is 10.0. The van der Waals surface area contributed by atoms with E-state index in [-0.39, 0.29) is 6.54 Å². The van der Waals surface area contributed by atoms with Gasteiger partial charge in [-0.15, -0.1) is 0 Å². The zero-order valence-electron chi connectivity index (χ0n) is 26.1. The lowest BCUT2D eigenvalue weighted by molar-refractivity contribution is -0.140. The van der Waals surface area contributed by atoms with Gasteiger partial charge in [-0.05, 0) is 88.2 Å². The first kappa shape index (κ1) is 35.9. The lowest BCUT2D eigenvalue weighted by Gasteiger charge is -2.29. The fraction of sp³-hybridized carbons (Fsp3) is 0.515. The van der Waals surface area contributed by atoms with Crippen molar-refractivity contribution in [2.45, 2.75) is 79.7 Å². The molecule has 2 heterocycles. The van der Waals surface area contributed by atoms with Crippen LogP contribution in [0.5, 0.6) is 0 Å². The monoisotopic (exact) mass is 574 g/mol. The molecule has 0 unspecified atom stereocenters. The van der Waals surface area contributed by atoms with Crippen molar-refractivity contribution in [3.8, 4) is 11.8 Å². The Morgan fingerprint density at radius 3 is 2.37 bits per heavy atom. The second kappa shape index (κ2) is 18.3. The number of aromatic nitrogens is 1. The first-order chi connectivity index (χ1) is 19.6. The number of rotatable bonds is 9. The fourth-order valence-corrected chi connectivity index (χ4v) is 4.74. The third kappa shape index (κ3) is 11.3. The minimum Gasteiger partial charge on any atom is -0.495 e. The van der Waals surface area contributed by atoms with E-state index in [2.05, 4.69) is 41.0 Å². The number of benzene rings is 1. The van der Waals surface area contributed by atoms with Crippen molar-refractivity contribution in [2.75, 3.05) is 33.8 Å². The molecule has 0 aliphatic carbocycles. The fourth-order valence-electron chi connectivity index (χ4n) is 4.74. The highest BCUT2D eigenvalue weighted by atomic mass is 19.4. The summed E-state index contributed by atoms with van der Waals surface area (Å²) in [6.45, 7) is 17.4. The summed E-state index contributed by atoms with van der Waals surface area (Å²) in [6, 6.07) is 6.17. The van der Waals surface area contributed by atoms with Gasteiger partial charge in [0.15, 0.2) is 0 Å². The predicted molar refractivity (Wildman–Crippen MR) is 167 cm³/mol. The number of ether oxygens (including phenoxy) is 1. The summed E-state index contributed by atoms with van der Waals surface area (Å²) in [5.74, 6) is 6.54. The van der Waals surface area contributed by atoms with Crippen LogP contribution >= 0.6 is 0 Å². The number of alkyl halides is 3. The Labute approximate surface area is 245 Å². The molecule has 0 spiro atoms. The van der Waals surface area contributed by atoms with Crippen molar-refractivity contribution in [2.24, 2.45) is 0 Å². The van der Waals surface area contributed by atoms with E-state index in [1.807, 2.05) is 53.7 Å². The quantitative estimate of drug-likeness (QED) is 0.187. The molecule has 0 bridgehead atoms. The average Bonchev–Trinajstić information content (AvgIpc) is 3.29. The van der Waals surface area contributed by atoms with Gasteiger partial charge in [0.05, 0.1) is 30.6 Å². The number of nitrogens with zero attached hydrogens (tertiary/aromatic N) is 2. The van der Waals surface area contributed by atoms with E-state index in [0.29, 0.717) is 35.3 Å². The number of hydrogen-bond acceptors (Lipinski definition) is 4. The number of likely N-dealkylation sites (tertiary alicyclic amines) is 1. The minimum absolute atomic E-state index is 0.235. The highest BCUT2D eigenvalue weighted by Gasteiger charge is 2.30. The van der Waals surface area contributed by atoms with Gasteiger partial charge in [0.1, 0.15) is 12.3 Å². The topological polar surface area (TPSA) is 41.5 Å². The minimum atomic E-state index is -4.36. The van der Waals surface area contributed by atoms with E-state index in [1.54, 1.807) is 31.4 Å². The van der Waals surface area contributed by atoms with E-state index in [4.69, 9.17) is 4.74 Å². The van der Waals surface area contributed by atoms with Gasteiger partial charge in [0, 0.05) is 18.0 Å². The molecule has 1 saturated heterocycles. The Balaban J connectivity index is 0.00000201. The Hall–Kier alpha value is -3.15. The molecule has 3 rings (SSSR count). The molecule has 5 nitrogen and oxygen atoms in total. The van der Waals surface area contributed by atoms with E-state index in [1.165, 1.54) is 4.57 Å². The Morgan fingerprint density at radius 1 is 1.15 bits per heavy atom. The number of halogens is 3. The van der Waals surface area contributed by atoms with Gasteiger partial charge in [0.25, 0.3) is 0 Å². The molecule has 1 fully saturated rings. The number of nitrogens with one attached hydrogen (secondary N) is 2. The van der Waals surface area contributed by atoms with Gasteiger partial charge < -0.3 is 24.8 Å². The molecule has 1 aliphatic rings. The standard InChI is InChI=1S/C29H37F3N4O.2C2H6/c1-6-9-26(27(7-2)37-5)33-13-8-10-25-18-23-17-22(19-34-24-11-14-35(4)15-12-24)16-21(3)28(23)36(25)20-29(30,31)32;2*1-2/h6-7,9,16-18,24,33-34H,1,11-15,19-20H2,2-5H3;2*1-2H3/b26-9+,27-7+;;. The van der Waals surface area contributed by atoms with Crippen LogP contribution in [0.3, 0.4) is 0 Å². The van der Waals surface area contributed by atoms with Crippen molar-refractivity contribution in [1.29, 1.82) is 0 Å². The molecule has 228 valence electrons. The highest BCUT2D eigenvalue weighted by Crippen LogP contribution is 2.29. The van der Waals surface area contributed by atoms with Crippen molar-refractivity contribution in [1.82, 2.24) is 20.1 Å². The third-order valence-electron chi connectivity index (χ3n) is 6.51. The molecule has 0 atom stereocenters. The number of methoxy groups -OCH3 is 1. The predicted octanol–water partition coefficient (Wildman–Crippen LogP) is 7.31.